The van der Waals surface area contributed by atoms with Crippen molar-refractivity contribution in [3.63, 3.8) is 0 Å². The van der Waals surface area contributed by atoms with Crippen molar-refractivity contribution in [2.45, 2.75) is 25.4 Å². The summed E-state index contributed by atoms with van der Waals surface area (Å²) in [6, 6.07) is 3.89. The second kappa shape index (κ2) is 5.87. The van der Waals surface area contributed by atoms with Crippen LogP contribution in [-0.4, -0.2) is 23.5 Å². The molecular formula is C13H17N3O4. The van der Waals surface area contributed by atoms with Gasteiger partial charge in [0.2, 0.25) is 5.91 Å². The summed E-state index contributed by atoms with van der Waals surface area (Å²) in [6.45, 7) is 0.480. The minimum absolute atomic E-state index is 0.0802. The van der Waals surface area contributed by atoms with Crippen molar-refractivity contribution in [3.8, 4) is 5.75 Å². The molecule has 0 aliphatic heterocycles. The topological polar surface area (TPSA) is 121 Å². The third kappa shape index (κ3) is 2.88. The van der Waals surface area contributed by atoms with Gasteiger partial charge in [0.1, 0.15) is 6.10 Å². The number of nitro benzene ring substituents is 1. The fraction of sp³-hybridized carbons (Fsp3) is 0.462. The van der Waals surface area contributed by atoms with Gasteiger partial charge in [0, 0.05) is 23.6 Å². The SMILES string of the molecule is NCC1CCCC1Oc1cc(C(N)=O)ccc1[N+](=O)[O-]. The van der Waals surface area contributed by atoms with Crippen LogP contribution in [0.25, 0.3) is 0 Å². The van der Waals surface area contributed by atoms with Crippen molar-refractivity contribution in [1.82, 2.24) is 0 Å². The van der Waals surface area contributed by atoms with Crippen molar-refractivity contribution < 1.29 is 14.5 Å². The number of hydrogen-bond acceptors (Lipinski definition) is 5. The van der Waals surface area contributed by atoms with Crippen molar-refractivity contribution in [1.29, 1.82) is 0 Å². The third-order valence-corrected chi connectivity index (χ3v) is 3.61. The standard InChI is InChI=1S/C13H17N3O4/c14-7-9-2-1-3-11(9)20-12-6-8(13(15)17)4-5-10(12)16(18)19/h4-6,9,11H,1-3,7,14H2,(H2,15,17). The fourth-order valence-corrected chi connectivity index (χ4v) is 2.50. The molecule has 1 amide bonds. The minimum Gasteiger partial charge on any atom is -0.483 e. The predicted octanol–water partition coefficient (Wildman–Crippen LogP) is 1.20. The van der Waals surface area contributed by atoms with Crippen LogP contribution in [0.4, 0.5) is 5.69 Å². The number of carbonyl (C=O) groups is 1. The summed E-state index contributed by atoms with van der Waals surface area (Å²) in [5.74, 6) is -0.380. The maximum atomic E-state index is 11.2. The Morgan fingerprint density at radius 2 is 2.20 bits per heavy atom. The molecule has 0 saturated heterocycles. The van der Waals surface area contributed by atoms with Gasteiger partial charge in [0.05, 0.1) is 4.92 Å². The molecule has 2 rings (SSSR count). The summed E-state index contributed by atoms with van der Waals surface area (Å²) in [5.41, 5.74) is 10.9. The fourth-order valence-electron chi connectivity index (χ4n) is 2.50. The van der Waals surface area contributed by atoms with E-state index in [0.29, 0.717) is 6.54 Å². The van der Waals surface area contributed by atoms with E-state index in [1.165, 1.54) is 18.2 Å². The first kappa shape index (κ1) is 14.3. The van der Waals surface area contributed by atoms with Crippen LogP contribution in [0.3, 0.4) is 0 Å². The van der Waals surface area contributed by atoms with E-state index in [4.69, 9.17) is 16.2 Å². The first-order valence-electron chi connectivity index (χ1n) is 6.48. The lowest BCUT2D eigenvalue weighted by Gasteiger charge is -2.19. The number of hydrogen-bond donors (Lipinski definition) is 2. The second-order valence-corrected chi connectivity index (χ2v) is 4.89. The van der Waals surface area contributed by atoms with Gasteiger partial charge in [-0.25, -0.2) is 0 Å². The molecule has 0 aromatic heterocycles. The highest BCUT2D eigenvalue weighted by molar-refractivity contribution is 5.93. The normalized spacial score (nSPS) is 21.6. The van der Waals surface area contributed by atoms with E-state index in [1.54, 1.807) is 0 Å². The van der Waals surface area contributed by atoms with E-state index in [-0.39, 0.29) is 29.0 Å². The van der Waals surface area contributed by atoms with Gasteiger partial charge in [0.25, 0.3) is 0 Å². The van der Waals surface area contributed by atoms with Crippen LogP contribution in [-0.2, 0) is 0 Å². The Balaban J connectivity index is 2.30. The smallest absolute Gasteiger partial charge is 0.310 e. The molecule has 2 unspecified atom stereocenters. The van der Waals surface area contributed by atoms with E-state index in [2.05, 4.69) is 0 Å². The van der Waals surface area contributed by atoms with Gasteiger partial charge in [-0.3, -0.25) is 14.9 Å². The number of nitrogens with zero attached hydrogens (tertiary/aromatic N) is 1. The van der Waals surface area contributed by atoms with Crippen LogP contribution in [0, 0.1) is 16.0 Å². The Morgan fingerprint density at radius 1 is 1.45 bits per heavy atom. The Morgan fingerprint density at radius 3 is 2.80 bits per heavy atom. The molecule has 0 heterocycles. The molecule has 1 aliphatic rings. The van der Waals surface area contributed by atoms with E-state index in [0.717, 1.165) is 19.3 Å². The summed E-state index contributed by atoms with van der Waals surface area (Å²) in [4.78, 5) is 21.6. The van der Waals surface area contributed by atoms with Crippen molar-refractivity contribution >= 4 is 11.6 Å². The first-order valence-corrected chi connectivity index (χ1v) is 6.48. The Hall–Kier alpha value is -2.15. The van der Waals surface area contributed by atoms with Crippen LogP contribution in [0.5, 0.6) is 5.75 Å². The molecule has 1 aliphatic carbocycles. The monoisotopic (exact) mass is 279 g/mol. The molecule has 7 nitrogen and oxygen atoms in total. The molecule has 1 fully saturated rings. The van der Waals surface area contributed by atoms with Crippen LogP contribution in [0.15, 0.2) is 18.2 Å². The molecule has 4 N–H and O–H groups in total. The van der Waals surface area contributed by atoms with Crippen molar-refractivity contribution in [3.05, 3.63) is 33.9 Å². The lowest BCUT2D eigenvalue weighted by Crippen LogP contribution is -2.28. The van der Waals surface area contributed by atoms with Crippen LogP contribution < -0.4 is 16.2 Å². The predicted molar refractivity (Wildman–Crippen MR) is 72.4 cm³/mol. The maximum Gasteiger partial charge on any atom is 0.310 e. The van der Waals surface area contributed by atoms with Crippen molar-refractivity contribution in [2.75, 3.05) is 6.54 Å². The second-order valence-electron chi connectivity index (χ2n) is 4.89. The largest absolute Gasteiger partial charge is 0.483 e. The van der Waals surface area contributed by atoms with Gasteiger partial charge in [-0.2, -0.15) is 0 Å². The average Bonchev–Trinajstić information content (AvgIpc) is 2.85. The number of nitrogens with two attached hydrogens (primary N) is 2. The summed E-state index contributed by atoms with van der Waals surface area (Å²) >= 11 is 0. The number of primary amides is 1. The number of rotatable bonds is 5. The highest BCUT2D eigenvalue weighted by atomic mass is 16.6. The molecule has 0 bridgehead atoms. The Kier molecular flexibility index (Phi) is 4.19. The molecule has 2 atom stereocenters. The summed E-state index contributed by atoms with van der Waals surface area (Å²) in [6.07, 6.45) is 2.59. The zero-order valence-corrected chi connectivity index (χ0v) is 11.0. The molecule has 20 heavy (non-hydrogen) atoms. The zero-order valence-electron chi connectivity index (χ0n) is 11.0. The number of benzene rings is 1. The number of amides is 1. The lowest BCUT2D eigenvalue weighted by molar-refractivity contribution is -0.386. The van der Waals surface area contributed by atoms with Gasteiger partial charge in [-0.1, -0.05) is 0 Å². The summed E-state index contributed by atoms with van der Waals surface area (Å²) in [7, 11) is 0. The zero-order chi connectivity index (χ0) is 14.7. The molecule has 0 radical (unpaired) electrons. The number of ether oxygens (including phenoxy) is 1. The van der Waals surface area contributed by atoms with Gasteiger partial charge in [-0.05, 0) is 31.9 Å². The molecule has 1 aromatic rings. The molecule has 7 heteroatoms. The van der Waals surface area contributed by atoms with E-state index in [9.17, 15) is 14.9 Å². The van der Waals surface area contributed by atoms with Crippen molar-refractivity contribution in [2.24, 2.45) is 17.4 Å². The molecule has 0 spiro atoms. The highest BCUT2D eigenvalue weighted by Gasteiger charge is 2.30. The highest BCUT2D eigenvalue weighted by Crippen LogP contribution is 2.34. The molecule has 1 aromatic carbocycles. The maximum absolute atomic E-state index is 11.2. The van der Waals surface area contributed by atoms with E-state index < -0.39 is 10.8 Å². The molecule has 108 valence electrons. The van der Waals surface area contributed by atoms with E-state index >= 15 is 0 Å². The number of nitro groups is 1. The van der Waals surface area contributed by atoms with Gasteiger partial charge < -0.3 is 16.2 Å². The Labute approximate surface area is 116 Å². The first-order chi connectivity index (χ1) is 9.52. The van der Waals surface area contributed by atoms with Gasteiger partial charge in [-0.15, -0.1) is 0 Å². The Bertz CT molecular complexity index is 532. The van der Waals surface area contributed by atoms with E-state index in [1.807, 2.05) is 0 Å². The lowest BCUT2D eigenvalue weighted by atomic mass is 10.1. The molecule has 1 saturated carbocycles. The third-order valence-electron chi connectivity index (χ3n) is 3.61. The summed E-state index contributed by atoms with van der Waals surface area (Å²) < 4.78 is 5.73. The molecular weight excluding hydrogens is 262 g/mol. The van der Waals surface area contributed by atoms with Crippen LogP contribution in [0.2, 0.25) is 0 Å². The quantitative estimate of drug-likeness (QED) is 0.619. The summed E-state index contributed by atoms with van der Waals surface area (Å²) in [5, 5.41) is 11.0. The van der Waals surface area contributed by atoms with Gasteiger partial charge in [0.15, 0.2) is 5.75 Å². The minimum atomic E-state index is -0.647. The van der Waals surface area contributed by atoms with Gasteiger partial charge >= 0.3 is 5.69 Å². The number of carbonyl (C=O) groups excluding carboxylic acids is 1. The van der Waals surface area contributed by atoms with Crippen LogP contribution in [0.1, 0.15) is 29.6 Å². The van der Waals surface area contributed by atoms with Crippen LogP contribution >= 0.6 is 0 Å². The average molecular weight is 279 g/mol.